The Morgan fingerprint density at radius 3 is 1.71 bits per heavy atom. The fourth-order valence-corrected chi connectivity index (χ4v) is 1.35. The molecule has 106 valence electrons. The number of hydrogen-bond donors (Lipinski definition) is 0. The number of para-hydroxylation sites is 2. The van der Waals surface area contributed by atoms with Gasteiger partial charge in [-0.2, -0.15) is 0 Å². The van der Waals surface area contributed by atoms with Crippen LogP contribution in [0.25, 0.3) is 0 Å². The van der Waals surface area contributed by atoms with Crippen LogP contribution in [0.3, 0.4) is 0 Å². The van der Waals surface area contributed by atoms with E-state index in [1.54, 1.807) is 6.92 Å². The molecule has 0 unspecified atom stereocenters. The lowest BCUT2D eigenvalue weighted by atomic mass is 10.3. The molecule has 2 aromatic rings. The Labute approximate surface area is 126 Å². The lowest BCUT2D eigenvalue weighted by Gasteiger charge is -1.98. The Morgan fingerprint density at radius 2 is 1.29 bits per heavy atom. The molecule has 0 aromatic heterocycles. The van der Waals surface area contributed by atoms with Gasteiger partial charge in [0.05, 0.1) is 0 Å². The Bertz CT molecular complexity index is 586. The topological polar surface area (TPSA) is 18.5 Å². The van der Waals surface area contributed by atoms with Crippen molar-refractivity contribution in [2.24, 2.45) is 0 Å². The summed E-state index contributed by atoms with van der Waals surface area (Å²) in [4.78, 5) is 0. The molecule has 0 heterocycles. The maximum atomic E-state index is 5.27. The SMILES string of the molecule is C#CCOc1ccccc1.CC#CCOc1ccccc1. The van der Waals surface area contributed by atoms with E-state index in [4.69, 9.17) is 15.9 Å². The first-order valence-electron chi connectivity index (χ1n) is 6.55. The van der Waals surface area contributed by atoms with Gasteiger partial charge in [0.1, 0.15) is 24.7 Å². The maximum Gasteiger partial charge on any atom is 0.149 e. The zero-order valence-corrected chi connectivity index (χ0v) is 12.1. The molecule has 0 spiro atoms. The number of benzene rings is 2. The summed E-state index contributed by atoms with van der Waals surface area (Å²) in [6, 6.07) is 19.2. The molecule has 0 aliphatic heterocycles. The second kappa shape index (κ2) is 11.0. The molecule has 0 atom stereocenters. The molecule has 2 heteroatoms. The van der Waals surface area contributed by atoms with Gasteiger partial charge in [-0.1, -0.05) is 48.2 Å². The van der Waals surface area contributed by atoms with Gasteiger partial charge < -0.3 is 9.47 Å². The van der Waals surface area contributed by atoms with Crippen LogP contribution in [0.15, 0.2) is 60.7 Å². The zero-order chi connectivity index (χ0) is 15.2. The van der Waals surface area contributed by atoms with E-state index in [0.29, 0.717) is 13.2 Å². The zero-order valence-electron chi connectivity index (χ0n) is 12.1. The summed E-state index contributed by atoms with van der Waals surface area (Å²) in [6.07, 6.45) is 5.00. The minimum Gasteiger partial charge on any atom is -0.481 e. The minimum atomic E-state index is 0.337. The Hall–Kier alpha value is -2.84. The first-order chi connectivity index (χ1) is 10.4. The van der Waals surface area contributed by atoms with E-state index in [9.17, 15) is 0 Å². The van der Waals surface area contributed by atoms with Gasteiger partial charge >= 0.3 is 0 Å². The normalized spacial score (nSPS) is 8.19. The van der Waals surface area contributed by atoms with Crippen LogP contribution in [0.1, 0.15) is 6.92 Å². The number of ether oxygens (including phenoxy) is 2. The van der Waals surface area contributed by atoms with Gasteiger partial charge in [-0.05, 0) is 31.2 Å². The third kappa shape index (κ3) is 8.03. The van der Waals surface area contributed by atoms with Gasteiger partial charge in [0, 0.05) is 0 Å². The summed E-state index contributed by atoms with van der Waals surface area (Å²) in [7, 11) is 0. The van der Waals surface area contributed by atoms with Crippen molar-refractivity contribution in [2.45, 2.75) is 6.92 Å². The summed E-state index contributed by atoms with van der Waals surface area (Å²) in [5, 5.41) is 0. The average molecular weight is 278 g/mol. The Balaban J connectivity index is 0.000000211. The van der Waals surface area contributed by atoms with Crippen LogP contribution in [0.5, 0.6) is 11.5 Å². The molecule has 0 aliphatic carbocycles. The van der Waals surface area contributed by atoms with Crippen LogP contribution >= 0.6 is 0 Å². The van der Waals surface area contributed by atoms with Crippen molar-refractivity contribution >= 4 is 0 Å². The summed E-state index contributed by atoms with van der Waals surface area (Å²) in [5.41, 5.74) is 0. The van der Waals surface area contributed by atoms with Crippen molar-refractivity contribution in [2.75, 3.05) is 13.2 Å². The average Bonchev–Trinajstić information content (AvgIpc) is 2.56. The van der Waals surface area contributed by atoms with E-state index in [0.717, 1.165) is 11.5 Å². The monoisotopic (exact) mass is 278 g/mol. The molecule has 0 saturated carbocycles. The Morgan fingerprint density at radius 1 is 0.810 bits per heavy atom. The largest absolute Gasteiger partial charge is 0.481 e. The molecule has 0 saturated heterocycles. The quantitative estimate of drug-likeness (QED) is 0.792. The Kier molecular flexibility index (Phi) is 8.51. The van der Waals surface area contributed by atoms with Gasteiger partial charge in [0.25, 0.3) is 0 Å². The van der Waals surface area contributed by atoms with Gasteiger partial charge in [-0.15, -0.1) is 12.3 Å². The summed E-state index contributed by atoms with van der Waals surface area (Å²) < 4.78 is 10.4. The van der Waals surface area contributed by atoms with Gasteiger partial charge in [-0.25, -0.2) is 0 Å². The van der Waals surface area contributed by atoms with Crippen LogP contribution in [0.2, 0.25) is 0 Å². The molecule has 0 N–H and O–H groups in total. The number of rotatable bonds is 4. The fourth-order valence-electron chi connectivity index (χ4n) is 1.35. The first kappa shape index (κ1) is 16.2. The van der Waals surface area contributed by atoms with Crippen LogP contribution in [0.4, 0.5) is 0 Å². The van der Waals surface area contributed by atoms with Crippen molar-refractivity contribution in [3.8, 4) is 35.7 Å². The molecule has 0 bridgehead atoms. The second-order valence-electron chi connectivity index (χ2n) is 3.83. The molecule has 2 rings (SSSR count). The van der Waals surface area contributed by atoms with Crippen LogP contribution in [-0.4, -0.2) is 13.2 Å². The third-order valence-electron chi connectivity index (χ3n) is 2.30. The van der Waals surface area contributed by atoms with E-state index in [1.165, 1.54) is 0 Å². The van der Waals surface area contributed by atoms with Crippen molar-refractivity contribution in [3.63, 3.8) is 0 Å². The lowest BCUT2D eigenvalue weighted by Crippen LogP contribution is -1.92. The van der Waals surface area contributed by atoms with Gasteiger partial charge in [0.15, 0.2) is 0 Å². The molecular formula is C19H18O2. The van der Waals surface area contributed by atoms with Crippen molar-refractivity contribution in [1.29, 1.82) is 0 Å². The van der Waals surface area contributed by atoms with Crippen molar-refractivity contribution < 1.29 is 9.47 Å². The van der Waals surface area contributed by atoms with E-state index < -0.39 is 0 Å². The molecule has 0 amide bonds. The predicted octanol–water partition coefficient (Wildman–Crippen LogP) is 3.79. The van der Waals surface area contributed by atoms with Crippen molar-refractivity contribution in [3.05, 3.63) is 60.7 Å². The summed E-state index contributed by atoms with van der Waals surface area (Å²) in [6.45, 7) is 2.61. The van der Waals surface area contributed by atoms with E-state index in [-0.39, 0.29) is 0 Å². The highest BCUT2D eigenvalue weighted by atomic mass is 16.5. The molecule has 0 aliphatic rings. The number of hydrogen-bond acceptors (Lipinski definition) is 2. The second-order valence-corrected chi connectivity index (χ2v) is 3.83. The van der Waals surface area contributed by atoms with E-state index >= 15 is 0 Å². The van der Waals surface area contributed by atoms with Crippen LogP contribution < -0.4 is 9.47 Å². The lowest BCUT2D eigenvalue weighted by molar-refractivity contribution is 0.370. The smallest absolute Gasteiger partial charge is 0.149 e. The minimum absolute atomic E-state index is 0.337. The first-order valence-corrected chi connectivity index (χ1v) is 6.55. The van der Waals surface area contributed by atoms with E-state index in [2.05, 4.69) is 17.8 Å². The number of terminal acetylenes is 1. The summed E-state index contributed by atoms with van der Waals surface area (Å²) >= 11 is 0. The maximum absolute atomic E-state index is 5.27. The highest BCUT2D eigenvalue weighted by Crippen LogP contribution is 2.07. The highest BCUT2D eigenvalue weighted by molar-refractivity contribution is 5.22. The standard InChI is InChI=1S/C10H10O.C9H8O/c1-2-3-9-11-10-7-5-4-6-8-10;1-2-8-10-9-6-4-3-5-7-9/h4-8H,9H2,1H3;1,3-7H,8H2. The molecule has 0 radical (unpaired) electrons. The van der Waals surface area contributed by atoms with Crippen molar-refractivity contribution in [1.82, 2.24) is 0 Å². The molecule has 21 heavy (non-hydrogen) atoms. The summed E-state index contributed by atoms with van der Waals surface area (Å²) in [5.74, 6) is 9.67. The third-order valence-corrected chi connectivity index (χ3v) is 2.30. The molecule has 2 nitrogen and oxygen atoms in total. The van der Waals surface area contributed by atoms with Gasteiger partial charge in [0.2, 0.25) is 0 Å². The van der Waals surface area contributed by atoms with Crippen LogP contribution in [0, 0.1) is 24.2 Å². The molecule has 0 fully saturated rings. The van der Waals surface area contributed by atoms with Gasteiger partial charge in [-0.3, -0.25) is 0 Å². The fraction of sp³-hybridized carbons (Fsp3) is 0.158. The molecular weight excluding hydrogens is 260 g/mol. The predicted molar refractivity (Wildman–Crippen MR) is 86.2 cm³/mol. The highest BCUT2D eigenvalue weighted by Gasteiger charge is 1.86. The molecule has 2 aromatic carbocycles. The van der Waals surface area contributed by atoms with Crippen LogP contribution in [-0.2, 0) is 0 Å². The van der Waals surface area contributed by atoms with E-state index in [1.807, 2.05) is 60.7 Å².